The van der Waals surface area contributed by atoms with Crippen molar-refractivity contribution in [1.29, 1.82) is 0 Å². The Morgan fingerprint density at radius 3 is 3.09 bits per heavy atom. The topological polar surface area (TPSA) is 88.5 Å². The third-order valence-electron chi connectivity index (χ3n) is 3.41. The number of amides is 1. The summed E-state index contributed by atoms with van der Waals surface area (Å²) in [5.74, 6) is -0.751. The van der Waals surface area contributed by atoms with Crippen LogP contribution in [0.5, 0.6) is 5.75 Å². The lowest BCUT2D eigenvalue weighted by atomic mass is 9.96. The highest BCUT2D eigenvalue weighted by Crippen LogP contribution is 2.30. The first kappa shape index (κ1) is 15.8. The van der Waals surface area contributed by atoms with E-state index in [-0.39, 0.29) is 24.9 Å². The Balaban J connectivity index is 1.65. The summed E-state index contributed by atoms with van der Waals surface area (Å²) in [5, 5.41) is 14.1. The molecule has 2 N–H and O–H groups in total. The lowest BCUT2D eigenvalue weighted by Crippen LogP contribution is -2.32. The number of nitrogens with one attached hydrogen (secondary N) is 1. The Bertz CT molecular complexity index is 762. The molecule has 3 rings (SSSR count). The minimum absolute atomic E-state index is 0.162. The standard InChI is InChI=1S/C15H13ClN2O4S/c16-10-1-2-12-8(4-10)3-9(6-22-12)14(21)18-15-17-11(7-23-15)5-13(19)20/h1-2,4,7,9H,3,5-6H2,(H,19,20)(H,17,18,21)/t9-/m1/s1. The van der Waals surface area contributed by atoms with E-state index >= 15 is 0 Å². The Labute approximate surface area is 141 Å². The molecule has 1 atom stereocenters. The zero-order valence-corrected chi connectivity index (χ0v) is 13.5. The van der Waals surface area contributed by atoms with Crippen LogP contribution in [-0.4, -0.2) is 28.6 Å². The van der Waals surface area contributed by atoms with Gasteiger partial charge in [0.1, 0.15) is 12.4 Å². The molecule has 0 bridgehead atoms. The minimum Gasteiger partial charge on any atom is -0.492 e. The zero-order valence-electron chi connectivity index (χ0n) is 11.9. The van der Waals surface area contributed by atoms with Gasteiger partial charge in [-0.25, -0.2) is 4.98 Å². The summed E-state index contributed by atoms with van der Waals surface area (Å²) < 4.78 is 5.59. The fourth-order valence-corrected chi connectivity index (χ4v) is 3.25. The number of hydrogen-bond acceptors (Lipinski definition) is 5. The molecule has 6 nitrogen and oxygen atoms in total. The van der Waals surface area contributed by atoms with Gasteiger partial charge in [-0.1, -0.05) is 11.6 Å². The molecule has 8 heteroatoms. The number of anilines is 1. The number of thiazole rings is 1. The lowest BCUT2D eigenvalue weighted by molar-refractivity contribution is -0.136. The van der Waals surface area contributed by atoms with Crippen molar-refractivity contribution in [2.24, 2.45) is 5.92 Å². The molecule has 0 saturated carbocycles. The van der Waals surface area contributed by atoms with Crippen LogP contribution in [0.4, 0.5) is 5.13 Å². The summed E-state index contributed by atoms with van der Waals surface area (Å²) in [7, 11) is 0. The van der Waals surface area contributed by atoms with Gasteiger partial charge in [-0.05, 0) is 30.2 Å². The summed E-state index contributed by atoms with van der Waals surface area (Å²) in [6.07, 6.45) is 0.375. The highest BCUT2D eigenvalue weighted by Gasteiger charge is 2.26. The Kier molecular flexibility index (Phi) is 4.49. The van der Waals surface area contributed by atoms with E-state index in [9.17, 15) is 9.59 Å². The summed E-state index contributed by atoms with van der Waals surface area (Å²) >= 11 is 7.17. The number of rotatable bonds is 4. The molecular weight excluding hydrogens is 340 g/mol. The largest absolute Gasteiger partial charge is 0.492 e. The van der Waals surface area contributed by atoms with Crippen LogP contribution in [0.3, 0.4) is 0 Å². The summed E-state index contributed by atoms with van der Waals surface area (Å²) in [4.78, 5) is 27.0. The van der Waals surface area contributed by atoms with Gasteiger partial charge < -0.3 is 15.2 Å². The summed E-state index contributed by atoms with van der Waals surface area (Å²) in [6, 6.07) is 5.34. The van der Waals surface area contributed by atoms with Gasteiger partial charge in [0.05, 0.1) is 18.0 Å². The number of carboxylic acid groups (broad SMARTS) is 1. The fourth-order valence-electron chi connectivity index (χ4n) is 2.34. The first-order valence-corrected chi connectivity index (χ1v) is 8.15. The van der Waals surface area contributed by atoms with Gasteiger partial charge >= 0.3 is 5.97 Å². The van der Waals surface area contributed by atoms with Gasteiger partial charge in [-0.15, -0.1) is 11.3 Å². The van der Waals surface area contributed by atoms with Gasteiger partial charge in [0, 0.05) is 10.4 Å². The van der Waals surface area contributed by atoms with E-state index in [0.717, 1.165) is 11.3 Å². The molecule has 0 saturated heterocycles. The Morgan fingerprint density at radius 1 is 1.48 bits per heavy atom. The van der Waals surface area contributed by atoms with Crippen molar-refractivity contribution < 1.29 is 19.4 Å². The van der Waals surface area contributed by atoms with Crippen molar-refractivity contribution in [2.45, 2.75) is 12.8 Å². The molecule has 120 valence electrons. The monoisotopic (exact) mass is 352 g/mol. The number of fused-ring (bicyclic) bond motifs is 1. The molecule has 0 radical (unpaired) electrons. The van der Waals surface area contributed by atoms with Crippen LogP contribution < -0.4 is 10.1 Å². The van der Waals surface area contributed by atoms with Gasteiger partial charge in [0.15, 0.2) is 5.13 Å². The summed E-state index contributed by atoms with van der Waals surface area (Å²) in [5.41, 5.74) is 1.32. The average molecular weight is 353 g/mol. The quantitative estimate of drug-likeness (QED) is 0.883. The molecule has 1 aliphatic heterocycles. The highest BCUT2D eigenvalue weighted by atomic mass is 35.5. The van der Waals surface area contributed by atoms with Crippen molar-refractivity contribution in [1.82, 2.24) is 4.98 Å². The third-order valence-corrected chi connectivity index (χ3v) is 4.46. The maximum atomic E-state index is 12.3. The number of carboxylic acids is 1. The molecule has 0 spiro atoms. The second kappa shape index (κ2) is 6.55. The van der Waals surface area contributed by atoms with Gasteiger partial charge in [0.25, 0.3) is 0 Å². The van der Waals surface area contributed by atoms with Gasteiger partial charge in [0.2, 0.25) is 5.91 Å². The van der Waals surface area contributed by atoms with E-state index in [2.05, 4.69) is 10.3 Å². The molecule has 1 aliphatic rings. The number of carbonyl (C=O) groups is 2. The first-order valence-electron chi connectivity index (χ1n) is 6.89. The SMILES string of the molecule is O=C(O)Cc1csc(NC(=O)[C@H]2COc3ccc(Cl)cc3C2)n1. The van der Waals surface area contributed by atoms with Crippen molar-refractivity contribution in [3.8, 4) is 5.75 Å². The van der Waals surface area contributed by atoms with Crippen LogP contribution in [0, 0.1) is 5.92 Å². The number of ether oxygens (including phenoxy) is 1. The fraction of sp³-hybridized carbons (Fsp3) is 0.267. The predicted molar refractivity (Wildman–Crippen MR) is 86.2 cm³/mol. The number of hydrogen-bond donors (Lipinski definition) is 2. The Hall–Kier alpha value is -2.12. The highest BCUT2D eigenvalue weighted by molar-refractivity contribution is 7.13. The molecule has 23 heavy (non-hydrogen) atoms. The first-order chi connectivity index (χ1) is 11.0. The molecule has 1 amide bonds. The van der Waals surface area contributed by atoms with Crippen LogP contribution in [0.1, 0.15) is 11.3 Å². The van der Waals surface area contributed by atoms with Crippen LogP contribution >= 0.6 is 22.9 Å². The molecular formula is C15H13ClN2O4S. The number of nitrogens with zero attached hydrogens (tertiary/aromatic N) is 1. The predicted octanol–water partition coefficient (Wildman–Crippen LogP) is 2.61. The number of carbonyl (C=O) groups excluding carboxylic acids is 1. The van der Waals surface area contributed by atoms with E-state index in [4.69, 9.17) is 21.4 Å². The van der Waals surface area contributed by atoms with Crippen LogP contribution in [0.2, 0.25) is 5.02 Å². The van der Waals surface area contributed by atoms with Crippen molar-refractivity contribution in [2.75, 3.05) is 11.9 Å². The number of halogens is 1. The third kappa shape index (κ3) is 3.80. The minimum atomic E-state index is -0.956. The van der Waals surface area contributed by atoms with E-state index in [0.29, 0.717) is 22.3 Å². The van der Waals surface area contributed by atoms with Crippen LogP contribution in [-0.2, 0) is 22.4 Å². The molecule has 0 fully saturated rings. The number of aliphatic carboxylic acids is 1. The smallest absolute Gasteiger partial charge is 0.309 e. The molecule has 1 aromatic carbocycles. The maximum Gasteiger partial charge on any atom is 0.309 e. The molecule has 2 aromatic rings. The van der Waals surface area contributed by atoms with E-state index < -0.39 is 5.97 Å². The van der Waals surface area contributed by atoms with E-state index in [1.54, 1.807) is 23.6 Å². The number of aromatic nitrogens is 1. The molecule has 1 aromatic heterocycles. The van der Waals surface area contributed by atoms with Crippen LogP contribution in [0.25, 0.3) is 0 Å². The van der Waals surface area contributed by atoms with E-state index in [1.165, 1.54) is 11.3 Å². The van der Waals surface area contributed by atoms with Crippen molar-refractivity contribution in [3.05, 3.63) is 39.9 Å². The van der Waals surface area contributed by atoms with Crippen molar-refractivity contribution >= 4 is 39.9 Å². The molecule has 0 aliphatic carbocycles. The van der Waals surface area contributed by atoms with Gasteiger partial charge in [-0.2, -0.15) is 0 Å². The zero-order chi connectivity index (χ0) is 16.4. The second-order valence-corrected chi connectivity index (χ2v) is 6.46. The molecule has 2 heterocycles. The second-order valence-electron chi connectivity index (χ2n) is 5.17. The van der Waals surface area contributed by atoms with Gasteiger partial charge in [-0.3, -0.25) is 9.59 Å². The maximum absolute atomic E-state index is 12.3. The Morgan fingerprint density at radius 2 is 2.30 bits per heavy atom. The summed E-state index contributed by atoms with van der Waals surface area (Å²) in [6.45, 7) is 0.286. The van der Waals surface area contributed by atoms with Crippen LogP contribution in [0.15, 0.2) is 23.6 Å². The number of benzene rings is 1. The lowest BCUT2D eigenvalue weighted by Gasteiger charge is -2.24. The normalized spacial score (nSPS) is 16.3. The van der Waals surface area contributed by atoms with Crippen molar-refractivity contribution in [3.63, 3.8) is 0 Å². The molecule has 0 unspecified atom stereocenters. The van der Waals surface area contributed by atoms with E-state index in [1.807, 2.05) is 0 Å². The average Bonchev–Trinajstić information content (AvgIpc) is 2.92.